The number of amides is 1. The lowest BCUT2D eigenvalue weighted by Gasteiger charge is -2.22. The Morgan fingerprint density at radius 1 is 1.09 bits per heavy atom. The monoisotopic (exact) mass is 617 g/mol. The summed E-state index contributed by atoms with van der Waals surface area (Å²) in [6.45, 7) is 5.56. The third-order valence-electron chi connectivity index (χ3n) is 8.02. The van der Waals surface area contributed by atoms with Gasteiger partial charge in [0.1, 0.15) is 5.82 Å². The molecule has 0 saturated carbocycles. The van der Waals surface area contributed by atoms with Crippen molar-refractivity contribution in [2.24, 2.45) is 0 Å². The van der Waals surface area contributed by atoms with Crippen LogP contribution in [0.4, 0.5) is 4.39 Å². The van der Waals surface area contributed by atoms with Crippen LogP contribution in [0.15, 0.2) is 48.5 Å². The number of aliphatic hydroxyl groups is 2. The average Bonchev–Trinajstić information content (AvgIpc) is 3.16. The molecule has 1 amide bonds. The average molecular weight is 618 g/mol. The smallest absolute Gasteiger partial charge is 0.305 e. The maximum atomic E-state index is 14.1. The second-order valence-corrected chi connectivity index (χ2v) is 12.3. The predicted octanol–water partition coefficient (Wildman–Crippen LogP) is 5.45. The zero-order valence-electron chi connectivity index (χ0n) is 26.5. The maximum absolute atomic E-state index is 14.1. The van der Waals surface area contributed by atoms with Crippen LogP contribution in [-0.4, -0.2) is 76.5 Å². The van der Waals surface area contributed by atoms with Gasteiger partial charge in [0.25, 0.3) is 5.91 Å². The van der Waals surface area contributed by atoms with Gasteiger partial charge in [-0.25, -0.2) is 4.39 Å². The molecule has 9 heteroatoms. The number of aliphatic hydroxyl groups excluding tert-OH is 2. The van der Waals surface area contributed by atoms with E-state index in [1.54, 1.807) is 24.3 Å². The number of carboxylic acid groups (broad SMARTS) is 1. The van der Waals surface area contributed by atoms with E-state index in [0.29, 0.717) is 18.5 Å². The van der Waals surface area contributed by atoms with E-state index in [-0.39, 0.29) is 24.1 Å². The predicted molar refractivity (Wildman–Crippen MR) is 175 cm³/mol. The zero-order valence-corrected chi connectivity index (χ0v) is 26.5. The molecule has 0 saturated heterocycles. The van der Waals surface area contributed by atoms with Gasteiger partial charge in [-0.1, -0.05) is 44.2 Å². The molecule has 0 aliphatic heterocycles. The summed E-state index contributed by atoms with van der Waals surface area (Å²) in [4.78, 5) is 31.2. The van der Waals surface area contributed by atoms with Crippen molar-refractivity contribution in [3.8, 4) is 22.4 Å². The molecular weight excluding hydrogens is 573 g/mol. The van der Waals surface area contributed by atoms with Gasteiger partial charge in [0.05, 0.1) is 30.0 Å². The Balaban J connectivity index is 1.79. The molecule has 3 aromatic rings. The Morgan fingerprint density at radius 3 is 2.49 bits per heavy atom. The molecule has 0 unspecified atom stereocenters. The number of carbonyl (C=O) groups excluding carboxylic acids is 1. The number of nitrogens with zero attached hydrogens (tertiary/aromatic N) is 2. The second kappa shape index (κ2) is 15.4. The molecule has 1 aliphatic carbocycles. The molecule has 2 atom stereocenters. The molecule has 8 nitrogen and oxygen atoms in total. The topological polar surface area (TPSA) is 123 Å². The minimum atomic E-state index is -1.19. The van der Waals surface area contributed by atoms with E-state index in [0.717, 1.165) is 70.6 Å². The molecule has 4 N–H and O–H groups in total. The summed E-state index contributed by atoms with van der Waals surface area (Å²) in [5.74, 6) is -1.60. The molecule has 0 spiro atoms. The highest BCUT2D eigenvalue weighted by molar-refractivity contribution is 5.95. The Bertz CT molecular complexity index is 1530. The van der Waals surface area contributed by atoms with E-state index in [1.807, 2.05) is 46.1 Å². The molecule has 240 valence electrons. The summed E-state index contributed by atoms with van der Waals surface area (Å²) >= 11 is 0. The first kappa shape index (κ1) is 34.0. The first-order valence-electron chi connectivity index (χ1n) is 15.6. The van der Waals surface area contributed by atoms with Gasteiger partial charge in [-0.05, 0) is 98.8 Å². The number of carboxylic acids is 1. The fourth-order valence-corrected chi connectivity index (χ4v) is 5.86. The van der Waals surface area contributed by atoms with Crippen LogP contribution in [0.1, 0.15) is 78.2 Å². The molecule has 0 fully saturated rings. The van der Waals surface area contributed by atoms with Crippen LogP contribution in [0.5, 0.6) is 0 Å². The Hall–Kier alpha value is -3.92. The number of benzene rings is 2. The minimum absolute atomic E-state index is 0.0113. The van der Waals surface area contributed by atoms with Gasteiger partial charge in [-0.2, -0.15) is 0 Å². The van der Waals surface area contributed by atoms with Crippen LogP contribution in [0.3, 0.4) is 0 Å². The quantitative estimate of drug-likeness (QED) is 0.188. The number of carbonyl (C=O) groups is 2. The van der Waals surface area contributed by atoms with E-state index >= 15 is 0 Å². The number of nitrogens with one attached hydrogen (secondary N) is 1. The third-order valence-corrected chi connectivity index (χ3v) is 8.02. The SMILES string of the molecule is CC(C)c1nc2c(c(-c3ccc(F)cc3)c1/C=C/[C@@H](O)C[C@@H](O)CC(=O)O)CCCc1cc(C(=O)NCCCN(C)C)ccc1-2. The van der Waals surface area contributed by atoms with Crippen molar-refractivity contribution in [3.05, 3.63) is 82.3 Å². The lowest BCUT2D eigenvalue weighted by Crippen LogP contribution is -2.27. The largest absolute Gasteiger partial charge is 0.481 e. The Labute approximate surface area is 264 Å². The van der Waals surface area contributed by atoms with Gasteiger partial charge in [0.15, 0.2) is 0 Å². The summed E-state index contributed by atoms with van der Waals surface area (Å²) in [5, 5.41) is 32.7. The summed E-state index contributed by atoms with van der Waals surface area (Å²) in [6.07, 6.45) is 3.65. The minimum Gasteiger partial charge on any atom is -0.481 e. The van der Waals surface area contributed by atoms with Gasteiger partial charge in [0.2, 0.25) is 0 Å². The summed E-state index contributed by atoms with van der Waals surface area (Å²) < 4.78 is 14.1. The second-order valence-electron chi connectivity index (χ2n) is 12.3. The van der Waals surface area contributed by atoms with Crippen LogP contribution in [0.2, 0.25) is 0 Å². The number of hydrogen-bond donors (Lipinski definition) is 4. The van der Waals surface area contributed by atoms with Crippen molar-refractivity contribution < 1.29 is 29.3 Å². The van der Waals surface area contributed by atoms with E-state index in [1.165, 1.54) is 12.1 Å². The van der Waals surface area contributed by atoms with Crippen LogP contribution in [-0.2, 0) is 17.6 Å². The third kappa shape index (κ3) is 8.84. The molecule has 1 aliphatic rings. The van der Waals surface area contributed by atoms with Crippen LogP contribution in [0.25, 0.3) is 28.5 Å². The summed E-state index contributed by atoms with van der Waals surface area (Å²) in [6, 6.07) is 12.1. The molecule has 1 heterocycles. The van der Waals surface area contributed by atoms with E-state index < -0.39 is 24.6 Å². The Morgan fingerprint density at radius 2 is 1.82 bits per heavy atom. The number of aliphatic carboxylic acids is 1. The van der Waals surface area contributed by atoms with E-state index in [9.17, 15) is 24.2 Å². The standard InChI is InChI=1S/C36H44FN3O5/c1-22(2)34-31(16-14-27(41)20-28(42)21-32(43)44)33(23-9-12-26(37)13-10-23)30-8-5-7-24-19-25(11-15-29(24)35(30)39-34)36(45)38-17-6-18-40(3)4/h9-16,19,22,27-28,41-42H,5-8,17-18,20-21H2,1-4H3,(H,38,45)(H,43,44)/b16-14+/t27-,28-/m1/s1. The number of aromatic nitrogens is 1. The normalized spacial score (nSPS) is 14.2. The zero-order chi connectivity index (χ0) is 32.7. The fraction of sp³-hybridized carbons (Fsp3) is 0.417. The lowest BCUT2D eigenvalue weighted by atomic mass is 9.86. The van der Waals surface area contributed by atoms with Gasteiger partial charge in [-0.3, -0.25) is 14.6 Å². The highest BCUT2D eigenvalue weighted by Crippen LogP contribution is 2.42. The van der Waals surface area contributed by atoms with Crippen LogP contribution in [0, 0.1) is 5.82 Å². The van der Waals surface area contributed by atoms with Crippen molar-refractivity contribution in [2.75, 3.05) is 27.2 Å². The van der Waals surface area contributed by atoms with Gasteiger partial charge in [-0.15, -0.1) is 0 Å². The van der Waals surface area contributed by atoms with Crippen molar-refractivity contribution in [3.63, 3.8) is 0 Å². The number of rotatable bonds is 13. The van der Waals surface area contributed by atoms with Gasteiger partial charge >= 0.3 is 5.97 Å². The van der Waals surface area contributed by atoms with Gasteiger partial charge < -0.3 is 25.5 Å². The van der Waals surface area contributed by atoms with Crippen molar-refractivity contribution in [2.45, 2.75) is 70.5 Å². The van der Waals surface area contributed by atoms with Crippen LogP contribution < -0.4 is 5.32 Å². The van der Waals surface area contributed by atoms with Crippen molar-refractivity contribution >= 4 is 18.0 Å². The molecular formula is C36H44FN3O5. The lowest BCUT2D eigenvalue weighted by molar-refractivity contribution is -0.139. The molecule has 4 rings (SSSR count). The number of hydrogen-bond acceptors (Lipinski definition) is 6. The number of aryl methyl sites for hydroxylation is 1. The Kier molecular flexibility index (Phi) is 11.6. The number of pyridine rings is 1. The van der Waals surface area contributed by atoms with Crippen molar-refractivity contribution in [1.82, 2.24) is 15.2 Å². The van der Waals surface area contributed by atoms with Gasteiger partial charge in [0, 0.05) is 29.7 Å². The van der Waals surface area contributed by atoms with E-state index in [2.05, 4.69) is 10.2 Å². The summed E-state index contributed by atoms with van der Waals surface area (Å²) in [5.41, 5.74) is 7.75. The highest BCUT2D eigenvalue weighted by atomic mass is 19.1. The number of halogens is 1. The molecule has 0 bridgehead atoms. The molecule has 1 aromatic heterocycles. The molecule has 2 aromatic carbocycles. The van der Waals surface area contributed by atoms with Crippen LogP contribution >= 0.6 is 0 Å². The first-order chi connectivity index (χ1) is 21.4. The van der Waals surface area contributed by atoms with E-state index in [4.69, 9.17) is 10.1 Å². The molecule has 45 heavy (non-hydrogen) atoms. The fourth-order valence-electron chi connectivity index (χ4n) is 5.86. The molecule has 0 radical (unpaired) electrons. The summed E-state index contributed by atoms with van der Waals surface area (Å²) in [7, 11) is 4.01. The first-order valence-corrected chi connectivity index (χ1v) is 15.6. The van der Waals surface area contributed by atoms with Crippen molar-refractivity contribution in [1.29, 1.82) is 0 Å². The highest BCUT2D eigenvalue weighted by Gasteiger charge is 2.26. The maximum Gasteiger partial charge on any atom is 0.305 e. The number of fused-ring (bicyclic) bond motifs is 3.